The Morgan fingerprint density at radius 1 is 1.18 bits per heavy atom. The summed E-state index contributed by atoms with van der Waals surface area (Å²) in [6.45, 7) is 0. The predicted octanol–water partition coefficient (Wildman–Crippen LogP) is 3.80. The SMILES string of the molecule is O=C(O)Oc1[nH]c2ccc([N+](=O)[O-])cc2c1-c1ccccc1. The summed E-state index contributed by atoms with van der Waals surface area (Å²) < 4.78 is 4.78. The van der Waals surface area contributed by atoms with E-state index in [1.54, 1.807) is 24.3 Å². The molecule has 0 aliphatic carbocycles. The summed E-state index contributed by atoms with van der Waals surface area (Å²) >= 11 is 0. The Morgan fingerprint density at radius 2 is 1.91 bits per heavy atom. The van der Waals surface area contributed by atoms with E-state index in [4.69, 9.17) is 9.84 Å². The molecular weight excluding hydrogens is 288 g/mol. The van der Waals surface area contributed by atoms with Gasteiger partial charge in [-0.15, -0.1) is 0 Å². The van der Waals surface area contributed by atoms with E-state index in [0.29, 0.717) is 22.0 Å². The fraction of sp³-hybridized carbons (Fsp3) is 0. The van der Waals surface area contributed by atoms with Gasteiger partial charge in [-0.3, -0.25) is 10.1 Å². The van der Waals surface area contributed by atoms with Crippen LogP contribution < -0.4 is 4.74 Å². The molecule has 3 aromatic rings. The molecule has 0 amide bonds. The average Bonchev–Trinajstić information content (AvgIpc) is 2.84. The number of nitrogens with zero attached hydrogens (tertiary/aromatic N) is 1. The van der Waals surface area contributed by atoms with Crippen molar-refractivity contribution in [2.45, 2.75) is 0 Å². The molecule has 1 heterocycles. The first-order chi connectivity index (χ1) is 10.6. The molecule has 2 aromatic carbocycles. The third kappa shape index (κ3) is 2.35. The Kier molecular flexibility index (Phi) is 3.23. The van der Waals surface area contributed by atoms with Gasteiger partial charge in [0.15, 0.2) is 0 Å². The third-order valence-electron chi connectivity index (χ3n) is 3.21. The quantitative estimate of drug-likeness (QED) is 0.434. The molecule has 0 fully saturated rings. The van der Waals surface area contributed by atoms with Crippen molar-refractivity contribution in [1.82, 2.24) is 4.98 Å². The first-order valence-electron chi connectivity index (χ1n) is 6.32. The molecule has 0 aliphatic heterocycles. The van der Waals surface area contributed by atoms with E-state index in [9.17, 15) is 14.9 Å². The van der Waals surface area contributed by atoms with Gasteiger partial charge in [-0.25, -0.2) is 4.79 Å². The van der Waals surface area contributed by atoms with Gasteiger partial charge in [-0.2, -0.15) is 0 Å². The molecule has 2 N–H and O–H groups in total. The molecule has 0 radical (unpaired) electrons. The Balaban J connectivity index is 2.30. The number of H-pyrrole nitrogens is 1. The number of ether oxygens (including phenoxy) is 1. The van der Waals surface area contributed by atoms with Crippen molar-refractivity contribution in [3.8, 4) is 17.0 Å². The topological polar surface area (TPSA) is 105 Å². The van der Waals surface area contributed by atoms with Crippen LogP contribution in [0.2, 0.25) is 0 Å². The van der Waals surface area contributed by atoms with Crippen LogP contribution in [-0.4, -0.2) is 21.2 Å². The van der Waals surface area contributed by atoms with Gasteiger partial charge < -0.3 is 14.8 Å². The van der Waals surface area contributed by atoms with Gasteiger partial charge in [0.1, 0.15) is 0 Å². The number of carbonyl (C=O) groups is 1. The second kappa shape index (κ2) is 5.21. The van der Waals surface area contributed by atoms with Crippen LogP contribution >= 0.6 is 0 Å². The lowest BCUT2D eigenvalue weighted by atomic mass is 10.0. The average molecular weight is 298 g/mol. The van der Waals surface area contributed by atoms with Crippen LogP contribution in [-0.2, 0) is 0 Å². The van der Waals surface area contributed by atoms with Crippen molar-refractivity contribution >= 4 is 22.7 Å². The summed E-state index contributed by atoms with van der Waals surface area (Å²) in [5.74, 6) is 0.0363. The Morgan fingerprint density at radius 3 is 2.55 bits per heavy atom. The van der Waals surface area contributed by atoms with Gasteiger partial charge in [0.2, 0.25) is 5.88 Å². The molecule has 0 aliphatic rings. The summed E-state index contributed by atoms with van der Waals surface area (Å²) in [5.41, 5.74) is 1.65. The maximum Gasteiger partial charge on any atom is 0.512 e. The Bertz CT molecular complexity index is 870. The van der Waals surface area contributed by atoms with Crippen molar-refractivity contribution < 1.29 is 19.6 Å². The molecule has 0 bridgehead atoms. The number of nitrogens with one attached hydrogen (secondary N) is 1. The number of rotatable bonds is 3. The van der Waals surface area contributed by atoms with Gasteiger partial charge in [-0.05, 0) is 11.6 Å². The molecular formula is C15H10N2O5. The van der Waals surface area contributed by atoms with E-state index in [2.05, 4.69) is 4.98 Å². The van der Waals surface area contributed by atoms with Crippen molar-refractivity contribution in [2.75, 3.05) is 0 Å². The third-order valence-corrected chi connectivity index (χ3v) is 3.21. The van der Waals surface area contributed by atoms with Gasteiger partial charge in [0, 0.05) is 23.0 Å². The van der Waals surface area contributed by atoms with Crippen molar-refractivity contribution in [3.05, 3.63) is 58.6 Å². The molecule has 0 unspecified atom stereocenters. The van der Waals surface area contributed by atoms with Gasteiger partial charge in [0.05, 0.1) is 10.5 Å². The number of aromatic nitrogens is 1. The minimum absolute atomic E-state index is 0.0363. The minimum atomic E-state index is -1.46. The molecule has 0 spiro atoms. The lowest BCUT2D eigenvalue weighted by molar-refractivity contribution is -0.384. The zero-order valence-corrected chi connectivity index (χ0v) is 11.1. The number of nitro benzene ring substituents is 1. The van der Waals surface area contributed by atoms with Gasteiger partial charge >= 0.3 is 6.16 Å². The lowest BCUT2D eigenvalue weighted by Gasteiger charge is -2.03. The normalized spacial score (nSPS) is 10.5. The number of carboxylic acid groups (broad SMARTS) is 1. The van der Waals surface area contributed by atoms with Gasteiger partial charge in [0.25, 0.3) is 5.69 Å². The van der Waals surface area contributed by atoms with E-state index in [0.717, 1.165) is 0 Å². The van der Waals surface area contributed by atoms with Crippen molar-refractivity contribution in [2.24, 2.45) is 0 Å². The fourth-order valence-electron chi connectivity index (χ4n) is 2.32. The molecule has 110 valence electrons. The first-order valence-corrected chi connectivity index (χ1v) is 6.32. The summed E-state index contributed by atoms with van der Waals surface area (Å²) in [5, 5.41) is 20.3. The highest BCUT2D eigenvalue weighted by molar-refractivity contribution is 6.00. The second-order valence-corrected chi connectivity index (χ2v) is 4.55. The molecule has 1 aromatic heterocycles. The smallest absolute Gasteiger partial charge is 0.449 e. The molecule has 0 saturated heterocycles. The number of non-ortho nitro benzene ring substituents is 1. The summed E-state index contributed by atoms with van der Waals surface area (Å²) in [4.78, 5) is 24.1. The number of fused-ring (bicyclic) bond motifs is 1. The number of benzene rings is 2. The molecule has 7 nitrogen and oxygen atoms in total. The maximum absolute atomic E-state index is 10.9. The first kappa shape index (κ1) is 13.6. The minimum Gasteiger partial charge on any atom is -0.449 e. The largest absolute Gasteiger partial charge is 0.512 e. The van der Waals surface area contributed by atoms with E-state index < -0.39 is 11.1 Å². The number of hydrogen-bond acceptors (Lipinski definition) is 4. The molecule has 22 heavy (non-hydrogen) atoms. The Hall–Kier alpha value is -3.35. The summed E-state index contributed by atoms with van der Waals surface area (Å²) in [7, 11) is 0. The zero-order valence-electron chi connectivity index (χ0n) is 11.1. The van der Waals surface area contributed by atoms with Crippen LogP contribution in [0, 0.1) is 10.1 Å². The fourth-order valence-corrected chi connectivity index (χ4v) is 2.32. The van der Waals surface area contributed by atoms with E-state index in [1.165, 1.54) is 18.2 Å². The van der Waals surface area contributed by atoms with Crippen LogP contribution in [0.5, 0.6) is 5.88 Å². The second-order valence-electron chi connectivity index (χ2n) is 4.55. The van der Waals surface area contributed by atoms with Crippen LogP contribution in [0.3, 0.4) is 0 Å². The molecule has 7 heteroatoms. The highest BCUT2D eigenvalue weighted by atomic mass is 16.7. The van der Waals surface area contributed by atoms with Crippen LogP contribution in [0.1, 0.15) is 0 Å². The monoisotopic (exact) mass is 298 g/mol. The number of aromatic amines is 1. The van der Waals surface area contributed by atoms with Crippen LogP contribution in [0.25, 0.3) is 22.0 Å². The molecule has 0 atom stereocenters. The van der Waals surface area contributed by atoms with E-state index in [1.807, 2.05) is 6.07 Å². The highest BCUT2D eigenvalue weighted by Gasteiger charge is 2.19. The molecule has 0 saturated carbocycles. The number of nitro groups is 1. The van der Waals surface area contributed by atoms with Crippen molar-refractivity contribution in [1.29, 1.82) is 0 Å². The lowest BCUT2D eigenvalue weighted by Crippen LogP contribution is -2.03. The van der Waals surface area contributed by atoms with Crippen molar-refractivity contribution in [3.63, 3.8) is 0 Å². The maximum atomic E-state index is 10.9. The summed E-state index contributed by atoms with van der Waals surface area (Å²) in [6.07, 6.45) is -1.46. The van der Waals surface area contributed by atoms with Crippen LogP contribution in [0.15, 0.2) is 48.5 Å². The molecule has 3 rings (SSSR count). The summed E-state index contributed by atoms with van der Waals surface area (Å²) in [6, 6.07) is 13.2. The zero-order chi connectivity index (χ0) is 15.7. The standard InChI is InChI=1S/C15H10N2O5/c18-15(19)22-14-13(9-4-2-1-3-5-9)11-8-10(17(20)21)6-7-12(11)16-14/h1-8,16H,(H,18,19). The predicted molar refractivity (Wildman–Crippen MR) is 79.0 cm³/mol. The Labute approximate surface area is 123 Å². The van der Waals surface area contributed by atoms with Crippen LogP contribution in [0.4, 0.5) is 10.5 Å². The van der Waals surface area contributed by atoms with E-state index in [-0.39, 0.29) is 11.6 Å². The number of hydrogen-bond donors (Lipinski definition) is 2. The van der Waals surface area contributed by atoms with E-state index >= 15 is 0 Å². The van der Waals surface area contributed by atoms with Gasteiger partial charge in [-0.1, -0.05) is 30.3 Å². The highest BCUT2D eigenvalue weighted by Crippen LogP contribution is 2.38.